The number of alkyl halides is 2. The van der Waals surface area contributed by atoms with E-state index < -0.39 is 22.4 Å². The quantitative estimate of drug-likeness (QED) is 0.581. The van der Waals surface area contributed by atoms with E-state index in [2.05, 4.69) is 8.83 Å². The van der Waals surface area contributed by atoms with Gasteiger partial charge in [0.05, 0.1) is 24.3 Å². The minimum absolute atomic E-state index is 0. The van der Waals surface area contributed by atoms with Gasteiger partial charge in [0.25, 0.3) is 0 Å². The van der Waals surface area contributed by atoms with Crippen molar-refractivity contribution in [3.05, 3.63) is 56.6 Å². The summed E-state index contributed by atoms with van der Waals surface area (Å²) in [7, 11) is 0. The van der Waals surface area contributed by atoms with Crippen molar-refractivity contribution in [1.29, 1.82) is 0 Å². The van der Waals surface area contributed by atoms with Crippen LogP contribution in [0.15, 0.2) is 43.1 Å². The number of halogens is 2. The van der Waals surface area contributed by atoms with Gasteiger partial charge in [0.2, 0.25) is 0 Å². The Morgan fingerprint density at radius 3 is 1.43 bits per heavy atom. The maximum Gasteiger partial charge on any atom is 2.00 e. The molecule has 0 amide bonds. The molecule has 0 aliphatic carbocycles. The van der Waals surface area contributed by atoms with E-state index in [1.807, 2.05) is 0 Å². The molecule has 0 saturated heterocycles. The first-order chi connectivity index (χ1) is 9.47. The van der Waals surface area contributed by atoms with E-state index in [4.69, 9.17) is 23.2 Å². The Bertz CT molecular complexity index is 622. The fourth-order valence-electron chi connectivity index (χ4n) is 1.02. The molecule has 0 unspecified atom stereocenters. The predicted octanol–water partition coefficient (Wildman–Crippen LogP) is 0.524. The minimum Gasteiger partial charge on any atom is -0.868 e. The van der Waals surface area contributed by atoms with Crippen LogP contribution in [-0.4, -0.2) is 23.1 Å². The molecule has 0 aliphatic rings. The zero-order valence-electron chi connectivity index (χ0n) is 10.6. The minimum atomic E-state index is -0.645. The molecule has 0 radical (unpaired) electrons. The van der Waals surface area contributed by atoms with Crippen LogP contribution in [0.5, 0.6) is 11.5 Å². The number of hydrogen-bond donors (Lipinski definition) is 0. The van der Waals surface area contributed by atoms with Crippen LogP contribution in [-0.2, 0) is 11.8 Å². The van der Waals surface area contributed by atoms with Crippen molar-refractivity contribution >= 4 is 46.3 Å². The van der Waals surface area contributed by atoms with Gasteiger partial charge in [-0.15, -0.1) is 23.2 Å². The normalized spacial score (nSPS) is 9.24. The summed E-state index contributed by atoms with van der Waals surface area (Å²) < 4.78 is 9.29. The van der Waals surface area contributed by atoms with Crippen molar-refractivity contribution in [3.63, 3.8) is 0 Å². The van der Waals surface area contributed by atoms with Gasteiger partial charge in [-0.25, -0.2) is 0 Å². The third-order valence-electron chi connectivity index (χ3n) is 1.97. The van der Waals surface area contributed by atoms with Crippen LogP contribution in [0.1, 0.15) is 11.5 Å². The zero-order chi connectivity index (χ0) is 15.1. The van der Waals surface area contributed by atoms with E-state index in [0.717, 1.165) is 24.7 Å². The Kier molecular flexibility index (Phi) is 9.19. The van der Waals surface area contributed by atoms with Crippen LogP contribution in [0, 0.1) is 0 Å². The van der Waals surface area contributed by atoms with Gasteiger partial charge in [0, 0.05) is 12.1 Å². The Hall–Kier alpha value is -1.15. The molecule has 0 atom stereocenters. The van der Waals surface area contributed by atoms with Crippen molar-refractivity contribution in [3.8, 4) is 11.5 Å². The van der Waals surface area contributed by atoms with Crippen LogP contribution in [0.3, 0.4) is 0 Å². The van der Waals surface area contributed by atoms with Gasteiger partial charge >= 0.3 is 23.1 Å². The van der Waals surface area contributed by atoms with Crippen molar-refractivity contribution < 1.29 is 19.0 Å². The second kappa shape index (κ2) is 9.72. The Morgan fingerprint density at radius 1 is 0.857 bits per heavy atom. The number of rotatable bonds is 2. The van der Waals surface area contributed by atoms with Crippen molar-refractivity contribution in [2.24, 2.45) is 0 Å². The van der Waals surface area contributed by atoms with Crippen LogP contribution in [0.4, 0.5) is 0 Å². The summed E-state index contributed by atoms with van der Waals surface area (Å²) in [4.78, 5) is 21.1. The molecule has 0 aliphatic heterocycles. The molecule has 21 heavy (non-hydrogen) atoms. The summed E-state index contributed by atoms with van der Waals surface area (Å²) in [6.45, 7) is 0. The molecule has 0 spiro atoms. The molecule has 2 aromatic heterocycles. The van der Waals surface area contributed by atoms with E-state index >= 15 is 0 Å². The fraction of sp³-hybridized carbons (Fsp3) is 0.167. The molecule has 6 nitrogen and oxygen atoms in total. The van der Waals surface area contributed by atoms with Gasteiger partial charge in [0.1, 0.15) is 11.5 Å². The summed E-state index contributed by atoms with van der Waals surface area (Å²) in [6, 6.07) is 2.19. The molecule has 0 bridgehead atoms. The average Bonchev–Trinajstić information content (AvgIpc) is 2.45. The van der Waals surface area contributed by atoms with Gasteiger partial charge in [-0.05, 0) is 11.5 Å². The predicted molar refractivity (Wildman–Crippen MR) is 73.7 cm³/mol. The van der Waals surface area contributed by atoms with Gasteiger partial charge in [-0.2, -0.15) is 0 Å². The summed E-state index contributed by atoms with van der Waals surface area (Å²) in [5, 5.41) is 20.9. The largest absolute Gasteiger partial charge is 2.00 e. The molecular weight excluding hydrogens is 335 g/mol. The van der Waals surface area contributed by atoms with Crippen LogP contribution in [0.25, 0.3) is 0 Å². The number of hydrogen-bond acceptors (Lipinski definition) is 6. The van der Waals surface area contributed by atoms with Crippen molar-refractivity contribution in [2.45, 2.75) is 11.8 Å². The molecule has 2 rings (SSSR count). The molecule has 0 aromatic carbocycles. The van der Waals surface area contributed by atoms with E-state index in [9.17, 15) is 19.8 Å². The summed E-state index contributed by atoms with van der Waals surface area (Å²) >= 11 is 10.6. The third-order valence-corrected chi connectivity index (χ3v) is 2.49. The molecule has 9 heteroatoms. The average molecular weight is 343 g/mol. The molecule has 2 heterocycles. The SMILES string of the molecule is O=c1cc(CCl)occ1[O-].O=c1cc(CCl)occ1[O-].[Mg+2]. The van der Waals surface area contributed by atoms with Crippen molar-refractivity contribution in [1.82, 2.24) is 0 Å². The Labute approximate surface area is 145 Å². The molecule has 108 valence electrons. The Morgan fingerprint density at radius 2 is 1.19 bits per heavy atom. The van der Waals surface area contributed by atoms with Gasteiger partial charge < -0.3 is 19.0 Å². The standard InChI is InChI=1S/2C6H5ClO3.Mg/c2*7-2-4-1-5(8)6(9)3-10-4;/h2*1,3,9H,2H2;/q;;+2/p-2. The Balaban J connectivity index is 0.000000364. The monoisotopic (exact) mass is 342 g/mol. The van der Waals surface area contributed by atoms with E-state index in [1.165, 1.54) is 0 Å². The van der Waals surface area contributed by atoms with Gasteiger partial charge in [0.15, 0.2) is 10.9 Å². The fourth-order valence-corrected chi connectivity index (χ4v) is 1.30. The molecular formula is C12H8Cl2MgO6. The summed E-state index contributed by atoms with van der Waals surface area (Å²) in [5.74, 6) is -0.453. The summed E-state index contributed by atoms with van der Waals surface area (Å²) in [5.41, 5.74) is -1.16. The van der Waals surface area contributed by atoms with Crippen LogP contribution in [0.2, 0.25) is 0 Å². The molecule has 2 aromatic rings. The maximum absolute atomic E-state index is 10.6. The molecule has 0 saturated carbocycles. The summed E-state index contributed by atoms with van der Waals surface area (Å²) in [6.07, 6.45) is 1.72. The smallest absolute Gasteiger partial charge is 0.868 e. The van der Waals surface area contributed by atoms with E-state index in [1.54, 1.807) is 0 Å². The van der Waals surface area contributed by atoms with Gasteiger partial charge in [-0.1, -0.05) is 0 Å². The topological polar surface area (TPSA) is 107 Å². The van der Waals surface area contributed by atoms with Crippen LogP contribution >= 0.6 is 23.2 Å². The molecule has 0 fully saturated rings. The second-order valence-electron chi connectivity index (χ2n) is 3.42. The van der Waals surface area contributed by atoms with Crippen LogP contribution < -0.4 is 21.1 Å². The maximum atomic E-state index is 10.6. The zero-order valence-corrected chi connectivity index (χ0v) is 13.6. The van der Waals surface area contributed by atoms with E-state index in [0.29, 0.717) is 11.5 Å². The first kappa shape index (κ1) is 19.8. The van der Waals surface area contributed by atoms with Crippen molar-refractivity contribution in [2.75, 3.05) is 0 Å². The first-order valence-corrected chi connectivity index (χ1v) is 6.24. The van der Waals surface area contributed by atoms with E-state index in [-0.39, 0.29) is 34.8 Å². The second-order valence-corrected chi connectivity index (χ2v) is 3.95. The van der Waals surface area contributed by atoms with Gasteiger partial charge in [-0.3, -0.25) is 9.59 Å². The first-order valence-electron chi connectivity index (χ1n) is 5.17. The molecule has 0 N–H and O–H groups in total. The third kappa shape index (κ3) is 6.43.